The highest BCUT2D eigenvalue weighted by atomic mass is 79.9. The molecule has 0 aliphatic carbocycles. The number of nitrogens with one attached hydrogen (secondary N) is 2. The van der Waals surface area contributed by atoms with Crippen LogP contribution in [0.4, 0.5) is 25.1 Å². The van der Waals surface area contributed by atoms with Crippen LogP contribution in [-0.2, 0) is 14.5 Å². The zero-order chi connectivity index (χ0) is 27.4. The lowest BCUT2D eigenvalue weighted by Crippen LogP contribution is -2.30. The Morgan fingerprint density at radius 1 is 1.27 bits per heavy atom. The van der Waals surface area contributed by atoms with Gasteiger partial charge < -0.3 is 20.6 Å². The van der Waals surface area contributed by atoms with E-state index in [4.69, 9.17) is 5.11 Å². The van der Waals surface area contributed by atoms with Gasteiger partial charge in [0.1, 0.15) is 12.4 Å². The Kier molecular flexibility index (Phi) is 8.84. The summed E-state index contributed by atoms with van der Waals surface area (Å²) >= 11 is 3.37. The molecule has 2 heterocycles. The van der Waals surface area contributed by atoms with E-state index in [1.54, 1.807) is 17.9 Å². The van der Waals surface area contributed by atoms with Crippen LogP contribution in [0.25, 0.3) is 0 Å². The highest BCUT2D eigenvalue weighted by Crippen LogP contribution is 2.33. The number of aromatic nitrogens is 1. The molecule has 1 aliphatic heterocycles. The molecule has 1 aromatic carbocycles. The number of halogens is 3. The molecule has 3 rings (SSSR count). The first kappa shape index (κ1) is 28.4. The Labute approximate surface area is 221 Å². The number of carboxylic acid groups (broad SMARTS) is 1. The summed E-state index contributed by atoms with van der Waals surface area (Å²) in [6.07, 6.45) is 1.01. The van der Waals surface area contributed by atoms with Gasteiger partial charge in [0.05, 0.1) is 15.3 Å². The normalized spacial score (nSPS) is 16.7. The van der Waals surface area contributed by atoms with Crippen molar-refractivity contribution in [1.82, 2.24) is 10.3 Å². The molecule has 3 amide bonds. The molecule has 1 atom stereocenters. The van der Waals surface area contributed by atoms with Crippen LogP contribution in [0.3, 0.4) is 0 Å². The third-order valence-electron chi connectivity index (χ3n) is 5.70. The van der Waals surface area contributed by atoms with E-state index in [1.165, 1.54) is 30.7 Å². The monoisotopic (exact) mass is 601 g/mol. The van der Waals surface area contributed by atoms with E-state index in [0.29, 0.717) is 16.6 Å². The number of rotatable bonds is 6. The Morgan fingerprint density at radius 3 is 2.70 bits per heavy atom. The Bertz CT molecular complexity index is 1350. The fourth-order valence-corrected chi connectivity index (χ4v) is 5.32. The summed E-state index contributed by atoms with van der Waals surface area (Å²) in [4.78, 5) is 42.0. The van der Waals surface area contributed by atoms with Crippen molar-refractivity contribution >= 4 is 55.1 Å². The van der Waals surface area contributed by atoms with Crippen molar-refractivity contribution in [3.63, 3.8) is 0 Å². The van der Waals surface area contributed by atoms with Crippen molar-refractivity contribution in [2.24, 2.45) is 4.36 Å². The van der Waals surface area contributed by atoms with Gasteiger partial charge in [0.2, 0.25) is 5.92 Å². The highest BCUT2D eigenvalue weighted by Gasteiger charge is 2.33. The molecule has 0 saturated carbocycles. The quantitative estimate of drug-likeness (QED) is 0.448. The number of anilines is 2. The van der Waals surface area contributed by atoms with Gasteiger partial charge in [-0.05, 0) is 53.0 Å². The van der Waals surface area contributed by atoms with Gasteiger partial charge in [-0.15, -0.1) is 0 Å². The van der Waals surface area contributed by atoms with Crippen molar-refractivity contribution in [3.05, 3.63) is 46.1 Å². The van der Waals surface area contributed by atoms with E-state index in [2.05, 4.69) is 30.6 Å². The Morgan fingerprint density at radius 2 is 2.00 bits per heavy atom. The Hall–Kier alpha value is -3.13. The van der Waals surface area contributed by atoms with Crippen LogP contribution < -0.4 is 15.5 Å². The Balaban J connectivity index is 1.89. The van der Waals surface area contributed by atoms with E-state index in [-0.39, 0.29) is 47.8 Å². The number of alkyl halides is 2. The van der Waals surface area contributed by atoms with E-state index in [1.807, 2.05) is 5.32 Å². The van der Waals surface area contributed by atoms with Gasteiger partial charge in [0, 0.05) is 53.4 Å². The maximum absolute atomic E-state index is 13.9. The second-order valence-electron chi connectivity index (χ2n) is 8.55. The van der Waals surface area contributed by atoms with Gasteiger partial charge in [-0.2, -0.15) is 4.36 Å². The average molecular weight is 602 g/mol. The summed E-state index contributed by atoms with van der Waals surface area (Å²) in [6.45, 7) is 1.45. The molecule has 200 valence electrons. The predicted molar refractivity (Wildman–Crippen MR) is 138 cm³/mol. The lowest BCUT2D eigenvalue weighted by Gasteiger charge is -2.25. The number of nitrogens with zero attached hydrogens (tertiary/aromatic N) is 3. The van der Waals surface area contributed by atoms with E-state index in [9.17, 15) is 27.4 Å². The van der Waals surface area contributed by atoms with Crippen LogP contribution in [0.1, 0.15) is 35.2 Å². The minimum atomic E-state index is -3.24. The average Bonchev–Trinajstić information content (AvgIpc) is 2.99. The zero-order valence-corrected chi connectivity index (χ0v) is 22.5. The van der Waals surface area contributed by atoms with Crippen molar-refractivity contribution in [2.75, 3.05) is 36.1 Å². The van der Waals surface area contributed by atoms with Crippen molar-refractivity contribution in [3.8, 4) is 0 Å². The molecule has 14 heteroatoms. The van der Waals surface area contributed by atoms with Crippen LogP contribution in [0, 0.1) is 6.92 Å². The van der Waals surface area contributed by atoms with Gasteiger partial charge in [-0.25, -0.2) is 22.8 Å². The minimum Gasteiger partial charge on any atom is -0.465 e. The maximum atomic E-state index is 13.9. The lowest BCUT2D eigenvalue weighted by atomic mass is 10.1. The van der Waals surface area contributed by atoms with E-state index in [0.717, 1.165) is 0 Å². The third-order valence-corrected chi connectivity index (χ3v) is 8.18. The molecule has 37 heavy (non-hydrogen) atoms. The summed E-state index contributed by atoms with van der Waals surface area (Å²) in [7, 11) is -3.24. The van der Waals surface area contributed by atoms with Crippen molar-refractivity contribution < 1.29 is 32.5 Å². The van der Waals surface area contributed by atoms with Gasteiger partial charge >= 0.3 is 6.09 Å². The number of amides is 3. The molecule has 0 bridgehead atoms. The largest absolute Gasteiger partial charge is 0.465 e. The van der Waals surface area contributed by atoms with Gasteiger partial charge in [0.15, 0.2) is 0 Å². The molecule has 3 N–H and O–H groups in total. The number of benzene rings is 1. The standard InChI is InChI=1S/C23H26BrF2N5O5S/c1-14-17(24)12-27-20(31-9-4-7-23(25,26)8-10-31)19(14)21(33)29-15-5-3-6-16(11-15)37(2,36)30-18(32)13-28-22(34)35/h3,5-6,11-12,28H,4,7-10,13H2,1-2H3,(H,29,33)(H,34,35). The molecule has 1 saturated heterocycles. The lowest BCUT2D eigenvalue weighted by molar-refractivity contribution is -0.116. The fourth-order valence-electron chi connectivity index (χ4n) is 3.79. The smallest absolute Gasteiger partial charge is 0.405 e. The van der Waals surface area contributed by atoms with Gasteiger partial charge in [-0.3, -0.25) is 9.59 Å². The second-order valence-corrected chi connectivity index (χ2v) is 11.7. The predicted octanol–water partition coefficient (Wildman–Crippen LogP) is 4.28. The molecular formula is C23H26BrF2N5O5S. The molecule has 1 fully saturated rings. The number of hydrogen-bond donors (Lipinski definition) is 3. The summed E-state index contributed by atoms with van der Waals surface area (Å²) in [5.41, 5.74) is 1.04. The summed E-state index contributed by atoms with van der Waals surface area (Å²) in [5, 5.41) is 13.2. The number of pyridine rings is 1. The first-order chi connectivity index (χ1) is 17.3. The van der Waals surface area contributed by atoms with Crippen LogP contribution in [-0.4, -0.2) is 64.0 Å². The fraction of sp³-hybridized carbons (Fsp3) is 0.391. The van der Waals surface area contributed by atoms with E-state index >= 15 is 0 Å². The van der Waals surface area contributed by atoms with Crippen molar-refractivity contribution in [2.45, 2.75) is 37.0 Å². The van der Waals surface area contributed by atoms with Crippen LogP contribution in [0.5, 0.6) is 0 Å². The molecule has 1 aliphatic rings. The highest BCUT2D eigenvalue weighted by molar-refractivity contribution is 9.10. The first-order valence-electron chi connectivity index (χ1n) is 11.2. The summed E-state index contributed by atoms with van der Waals surface area (Å²) < 4.78 is 45.1. The summed E-state index contributed by atoms with van der Waals surface area (Å²) in [5.74, 6) is -3.94. The van der Waals surface area contributed by atoms with Crippen LogP contribution in [0.2, 0.25) is 0 Å². The molecule has 2 aromatic rings. The molecule has 10 nitrogen and oxygen atoms in total. The van der Waals surface area contributed by atoms with Gasteiger partial charge in [0.25, 0.3) is 11.8 Å². The second kappa shape index (κ2) is 11.5. The molecule has 1 aromatic heterocycles. The molecule has 0 radical (unpaired) electrons. The molecule has 1 unspecified atom stereocenters. The topological polar surface area (TPSA) is 141 Å². The van der Waals surface area contributed by atoms with Crippen molar-refractivity contribution in [1.29, 1.82) is 0 Å². The van der Waals surface area contributed by atoms with E-state index < -0.39 is 40.1 Å². The van der Waals surface area contributed by atoms with Crippen LogP contribution in [0.15, 0.2) is 44.2 Å². The molecular weight excluding hydrogens is 576 g/mol. The summed E-state index contributed by atoms with van der Waals surface area (Å²) in [6, 6.07) is 5.94. The number of hydrogen-bond acceptors (Lipinski definition) is 6. The SMILES string of the molecule is Cc1c(Br)cnc(N2CCCC(F)(F)CC2)c1C(=O)Nc1cccc(S(C)(=O)=NC(=O)CNC(=O)O)c1. The molecule has 0 spiro atoms. The number of carbonyl (C=O) groups is 3. The first-order valence-corrected chi connectivity index (χ1v) is 13.9. The third kappa shape index (κ3) is 7.44. The minimum absolute atomic E-state index is 0.0427. The maximum Gasteiger partial charge on any atom is 0.405 e. The van der Waals surface area contributed by atoms with Gasteiger partial charge in [-0.1, -0.05) is 6.07 Å². The zero-order valence-electron chi connectivity index (χ0n) is 20.1. The van der Waals surface area contributed by atoms with Crippen LogP contribution >= 0.6 is 15.9 Å². The number of carbonyl (C=O) groups excluding carboxylic acids is 2.